The van der Waals surface area contributed by atoms with Crippen molar-refractivity contribution in [3.05, 3.63) is 0 Å². The minimum atomic E-state index is -2.19. The Balaban J connectivity index is -0.0000000891. The van der Waals surface area contributed by atoms with Crippen molar-refractivity contribution >= 4 is 8.80 Å². The van der Waals surface area contributed by atoms with Crippen LogP contribution in [0, 0.1) is 0 Å². The molecule has 0 rings (SSSR count). The molecule has 4 heteroatoms. The summed E-state index contributed by atoms with van der Waals surface area (Å²) in [4.78, 5) is 0. The van der Waals surface area contributed by atoms with E-state index in [4.69, 9.17) is 13.3 Å². The fraction of sp³-hybridized carbons (Fsp3) is 1.00. The van der Waals surface area contributed by atoms with E-state index in [1.807, 2.05) is 6.92 Å². The molecule has 0 aromatic carbocycles. The molecule has 14 heavy (non-hydrogen) atoms. The predicted octanol–water partition coefficient (Wildman–Crippen LogP) is 3.57. The maximum absolute atomic E-state index is 5.08. The van der Waals surface area contributed by atoms with E-state index in [1.54, 1.807) is 21.3 Å². The van der Waals surface area contributed by atoms with Crippen LogP contribution in [0.5, 0.6) is 0 Å². The average Bonchev–Trinajstić information content (AvgIpc) is 2.11. The van der Waals surface area contributed by atoms with Crippen molar-refractivity contribution in [3.8, 4) is 0 Å². The summed E-state index contributed by atoms with van der Waals surface area (Å²) in [5, 5.41) is 0. The lowest BCUT2D eigenvalue weighted by Gasteiger charge is -2.22. The smallest absolute Gasteiger partial charge is 0.377 e. The highest BCUT2D eigenvalue weighted by Gasteiger charge is 2.34. The van der Waals surface area contributed by atoms with Crippen LogP contribution in [0.15, 0.2) is 0 Å². The lowest BCUT2D eigenvalue weighted by molar-refractivity contribution is 0.125. The molecule has 0 aliphatic heterocycles. The van der Waals surface area contributed by atoms with Gasteiger partial charge in [0.25, 0.3) is 0 Å². The summed E-state index contributed by atoms with van der Waals surface area (Å²) in [6.07, 6.45) is 1.25. The largest absolute Gasteiger partial charge is 0.499 e. The first-order valence-electron chi connectivity index (χ1n) is 4.31. The second-order valence-electron chi connectivity index (χ2n) is 2.36. The molecule has 0 saturated carbocycles. The molecule has 0 N–H and O–H groups in total. The van der Waals surface area contributed by atoms with Crippen LogP contribution >= 0.6 is 0 Å². The molecule has 0 bridgehead atoms. The second-order valence-corrected chi connectivity index (χ2v) is 5.65. The van der Waals surface area contributed by atoms with E-state index in [1.165, 1.54) is 6.42 Å². The fourth-order valence-corrected chi connectivity index (χ4v) is 2.05. The molecular weight excluding hydrogens is 196 g/mol. The molecular formula is C10H30O3Si. The zero-order chi connectivity index (χ0) is 10.0. The van der Waals surface area contributed by atoms with Crippen LogP contribution in [0.2, 0.25) is 6.04 Å². The Morgan fingerprint density at radius 2 is 1.00 bits per heavy atom. The standard InChI is InChI=1S/C5H14O3Si.C3H8.2CH4/c1-5-9(6-2,7-3)8-4;1-3-2;;/h5H2,1-4H3;3H2,1-2H3;2*1H4. The summed E-state index contributed by atoms with van der Waals surface area (Å²) in [5.74, 6) is 0. The van der Waals surface area contributed by atoms with Crippen molar-refractivity contribution in [1.82, 2.24) is 0 Å². The van der Waals surface area contributed by atoms with E-state index in [2.05, 4.69) is 13.8 Å². The highest BCUT2D eigenvalue weighted by molar-refractivity contribution is 6.60. The normalized spacial score (nSPS) is 9.00. The van der Waals surface area contributed by atoms with E-state index in [0.717, 1.165) is 6.04 Å². The maximum Gasteiger partial charge on any atom is 0.499 e. The highest BCUT2D eigenvalue weighted by Crippen LogP contribution is 2.10. The van der Waals surface area contributed by atoms with Gasteiger partial charge in [-0.1, -0.05) is 42.0 Å². The van der Waals surface area contributed by atoms with Gasteiger partial charge in [0.05, 0.1) is 0 Å². The van der Waals surface area contributed by atoms with Crippen LogP contribution in [0.4, 0.5) is 0 Å². The third kappa shape index (κ3) is 10.2. The maximum atomic E-state index is 5.08. The van der Waals surface area contributed by atoms with Crippen LogP contribution in [-0.4, -0.2) is 30.1 Å². The predicted molar refractivity (Wildman–Crippen MR) is 66.7 cm³/mol. The SMILES string of the molecule is C.C.CCC.CC[Si](OC)(OC)OC. The molecule has 0 amide bonds. The summed E-state index contributed by atoms with van der Waals surface area (Å²) in [5.41, 5.74) is 0. The molecule has 0 radical (unpaired) electrons. The van der Waals surface area contributed by atoms with E-state index in [0.29, 0.717) is 0 Å². The summed E-state index contributed by atoms with van der Waals surface area (Å²) < 4.78 is 15.2. The average molecular weight is 226 g/mol. The van der Waals surface area contributed by atoms with E-state index in [-0.39, 0.29) is 14.9 Å². The van der Waals surface area contributed by atoms with Crippen molar-refractivity contribution < 1.29 is 13.3 Å². The van der Waals surface area contributed by atoms with Gasteiger partial charge in [-0.05, 0) is 0 Å². The monoisotopic (exact) mass is 226 g/mol. The van der Waals surface area contributed by atoms with Gasteiger partial charge in [-0.2, -0.15) is 0 Å². The molecule has 0 aromatic rings. The van der Waals surface area contributed by atoms with Crippen molar-refractivity contribution in [3.63, 3.8) is 0 Å². The molecule has 0 spiro atoms. The summed E-state index contributed by atoms with van der Waals surface area (Å²) in [7, 11) is 2.65. The molecule has 0 atom stereocenters. The topological polar surface area (TPSA) is 27.7 Å². The Bertz CT molecular complexity index is 67.9. The minimum absolute atomic E-state index is 0. The molecule has 0 aliphatic carbocycles. The van der Waals surface area contributed by atoms with Crippen LogP contribution in [-0.2, 0) is 13.3 Å². The Labute approximate surface area is 92.1 Å². The van der Waals surface area contributed by atoms with Crippen molar-refractivity contribution in [2.24, 2.45) is 0 Å². The Kier molecular flexibility index (Phi) is 26.4. The molecule has 0 unspecified atom stereocenters. The van der Waals surface area contributed by atoms with Gasteiger partial charge in [0.1, 0.15) is 0 Å². The Hall–Kier alpha value is 0.0969. The van der Waals surface area contributed by atoms with Crippen molar-refractivity contribution in [1.29, 1.82) is 0 Å². The van der Waals surface area contributed by atoms with Gasteiger partial charge in [-0.25, -0.2) is 0 Å². The van der Waals surface area contributed by atoms with Crippen LogP contribution < -0.4 is 0 Å². The molecule has 0 heterocycles. The second kappa shape index (κ2) is 15.6. The number of hydrogen-bond donors (Lipinski definition) is 0. The van der Waals surface area contributed by atoms with Gasteiger partial charge in [0, 0.05) is 27.4 Å². The lowest BCUT2D eigenvalue weighted by Crippen LogP contribution is -2.41. The molecule has 0 aliphatic rings. The lowest BCUT2D eigenvalue weighted by atomic mass is 10.6. The van der Waals surface area contributed by atoms with Crippen molar-refractivity contribution in [2.75, 3.05) is 21.3 Å². The summed E-state index contributed by atoms with van der Waals surface area (Å²) in [6.45, 7) is 6.24. The number of hydrogen-bond acceptors (Lipinski definition) is 3. The quantitative estimate of drug-likeness (QED) is 0.686. The molecule has 0 saturated heterocycles. The molecule has 0 fully saturated rings. The third-order valence-electron chi connectivity index (χ3n) is 1.37. The third-order valence-corrected chi connectivity index (χ3v) is 4.10. The van der Waals surface area contributed by atoms with Gasteiger partial charge in [0.2, 0.25) is 0 Å². The summed E-state index contributed by atoms with van der Waals surface area (Å²) >= 11 is 0. The van der Waals surface area contributed by atoms with Gasteiger partial charge < -0.3 is 13.3 Å². The van der Waals surface area contributed by atoms with E-state index >= 15 is 0 Å². The number of rotatable bonds is 4. The van der Waals surface area contributed by atoms with E-state index in [9.17, 15) is 0 Å². The zero-order valence-electron chi connectivity index (χ0n) is 9.14. The van der Waals surface area contributed by atoms with Crippen LogP contribution in [0.3, 0.4) is 0 Å². The van der Waals surface area contributed by atoms with Crippen LogP contribution in [0.25, 0.3) is 0 Å². The van der Waals surface area contributed by atoms with Gasteiger partial charge in [-0.15, -0.1) is 0 Å². The summed E-state index contributed by atoms with van der Waals surface area (Å²) in [6, 6.07) is 0.816. The minimum Gasteiger partial charge on any atom is -0.377 e. The molecule has 92 valence electrons. The van der Waals surface area contributed by atoms with Gasteiger partial charge in [-0.3, -0.25) is 0 Å². The first-order valence-corrected chi connectivity index (χ1v) is 6.24. The van der Waals surface area contributed by atoms with Gasteiger partial charge in [0.15, 0.2) is 0 Å². The Morgan fingerprint density at radius 3 is 1.00 bits per heavy atom. The van der Waals surface area contributed by atoms with Gasteiger partial charge >= 0.3 is 8.80 Å². The fourth-order valence-electron chi connectivity index (χ4n) is 0.683. The van der Waals surface area contributed by atoms with Crippen molar-refractivity contribution in [2.45, 2.75) is 48.1 Å². The Morgan fingerprint density at radius 1 is 0.786 bits per heavy atom. The molecule has 0 aromatic heterocycles. The van der Waals surface area contributed by atoms with E-state index < -0.39 is 8.80 Å². The first-order chi connectivity index (χ1) is 5.66. The molecule has 3 nitrogen and oxygen atoms in total. The zero-order valence-corrected chi connectivity index (χ0v) is 10.1. The first kappa shape index (κ1) is 23.7. The van der Waals surface area contributed by atoms with Crippen LogP contribution in [0.1, 0.15) is 42.0 Å². The highest BCUT2D eigenvalue weighted by atomic mass is 28.4.